The number of rotatable bonds is 8. The summed E-state index contributed by atoms with van der Waals surface area (Å²) < 4.78 is 55.7. The lowest BCUT2D eigenvalue weighted by Gasteiger charge is -2.26. The number of nitrogens with zero attached hydrogens (tertiary/aromatic N) is 1. The maximum absolute atomic E-state index is 13.3. The zero-order valence-electron chi connectivity index (χ0n) is 20.3. The summed E-state index contributed by atoms with van der Waals surface area (Å²) in [5.74, 6) is -2.68. The van der Waals surface area contributed by atoms with Crippen molar-refractivity contribution in [2.45, 2.75) is 45.9 Å². The SMILES string of the molecule is COc1c(C)c2c(c(N(C)C(=O)C(F)(F)F)c1CC=C(C)CCC(=O)Oc1ccccc1)C(=O)OC2. The van der Waals surface area contributed by atoms with E-state index < -0.39 is 24.0 Å². The molecule has 0 radical (unpaired) electrons. The van der Waals surface area contributed by atoms with Crippen LogP contribution in [0.15, 0.2) is 42.0 Å². The van der Waals surface area contributed by atoms with Gasteiger partial charge in [0.05, 0.1) is 18.4 Å². The van der Waals surface area contributed by atoms with Crippen LogP contribution in [0.2, 0.25) is 0 Å². The van der Waals surface area contributed by atoms with Gasteiger partial charge in [-0.3, -0.25) is 9.59 Å². The highest BCUT2D eigenvalue weighted by molar-refractivity contribution is 6.07. The summed E-state index contributed by atoms with van der Waals surface area (Å²) in [6, 6.07) is 8.61. The van der Waals surface area contributed by atoms with Crippen LogP contribution >= 0.6 is 0 Å². The van der Waals surface area contributed by atoms with Crippen LogP contribution in [-0.2, 0) is 27.4 Å². The van der Waals surface area contributed by atoms with Crippen LogP contribution in [0.3, 0.4) is 0 Å². The third-order valence-corrected chi connectivity index (χ3v) is 5.88. The quantitative estimate of drug-likeness (QED) is 0.283. The van der Waals surface area contributed by atoms with Crippen molar-refractivity contribution in [1.29, 1.82) is 0 Å². The molecule has 1 heterocycles. The van der Waals surface area contributed by atoms with Crippen molar-refractivity contribution >= 4 is 23.5 Å². The van der Waals surface area contributed by atoms with Gasteiger partial charge in [0.1, 0.15) is 18.1 Å². The normalized spacial score (nSPS) is 13.2. The molecule has 0 N–H and O–H groups in total. The van der Waals surface area contributed by atoms with Crippen molar-refractivity contribution in [2.24, 2.45) is 0 Å². The number of carbonyl (C=O) groups excluding carboxylic acids is 3. The number of esters is 2. The number of ether oxygens (including phenoxy) is 3. The van der Waals surface area contributed by atoms with Crippen molar-refractivity contribution in [1.82, 2.24) is 0 Å². The fraction of sp³-hybridized carbons (Fsp3) is 0.346. The number of halogens is 3. The lowest BCUT2D eigenvalue weighted by Crippen LogP contribution is -2.39. The van der Waals surface area contributed by atoms with E-state index in [2.05, 4.69) is 0 Å². The Balaban J connectivity index is 1.91. The number of alkyl halides is 3. The molecule has 3 rings (SSSR count). The molecule has 1 aliphatic heterocycles. The second kappa shape index (κ2) is 10.8. The van der Waals surface area contributed by atoms with Crippen LogP contribution in [0.25, 0.3) is 0 Å². The van der Waals surface area contributed by atoms with Crippen LogP contribution in [0.1, 0.15) is 46.8 Å². The molecule has 2 aromatic rings. The van der Waals surface area contributed by atoms with E-state index in [1.54, 1.807) is 50.3 Å². The number of anilines is 1. The van der Waals surface area contributed by atoms with Crippen molar-refractivity contribution in [3.63, 3.8) is 0 Å². The van der Waals surface area contributed by atoms with Gasteiger partial charge in [-0.2, -0.15) is 13.2 Å². The number of cyclic esters (lactones) is 1. The minimum atomic E-state index is -5.15. The standard InChI is InChI=1S/C26H26F3NO6/c1-15(11-13-20(31)36-17-8-6-5-7-9-17)10-12-18-22(30(3)25(33)26(27,28)29)21-19(14-35-24(21)32)16(2)23(18)34-4/h5-10H,11-14H2,1-4H3. The van der Waals surface area contributed by atoms with Crippen LogP contribution in [-0.4, -0.2) is 38.2 Å². The molecule has 36 heavy (non-hydrogen) atoms. The molecule has 0 atom stereocenters. The van der Waals surface area contributed by atoms with Gasteiger partial charge < -0.3 is 19.1 Å². The molecule has 1 aliphatic rings. The monoisotopic (exact) mass is 505 g/mol. The zero-order chi connectivity index (χ0) is 26.6. The van der Waals surface area contributed by atoms with Gasteiger partial charge in [0.15, 0.2) is 0 Å². The zero-order valence-corrected chi connectivity index (χ0v) is 20.3. The predicted molar refractivity (Wildman–Crippen MR) is 125 cm³/mol. The molecule has 192 valence electrons. The highest BCUT2D eigenvalue weighted by atomic mass is 19.4. The maximum Gasteiger partial charge on any atom is 0.471 e. The molecule has 2 aromatic carbocycles. The Kier molecular flexibility index (Phi) is 8.07. The molecule has 1 amide bonds. The smallest absolute Gasteiger partial charge is 0.471 e. The summed E-state index contributed by atoms with van der Waals surface area (Å²) in [5.41, 5.74) is 1.63. The molecule has 10 heteroatoms. The number of hydrogen-bond acceptors (Lipinski definition) is 6. The summed E-state index contributed by atoms with van der Waals surface area (Å²) in [5, 5.41) is 0. The number of allylic oxidation sites excluding steroid dienone is 2. The van der Waals surface area contributed by atoms with Gasteiger partial charge in [-0.25, -0.2) is 4.79 Å². The summed E-state index contributed by atoms with van der Waals surface area (Å²) >= 11 is 0. The second-order valence-electron chi connectivity index (χ2n) is 8.32. The first-order valence-electron chi connectivity index (χ1n) is 11.1. The number of methoxy groups -OCH3 is 1. The molecule has 7 nitrogen and oxygen atoms in total. The topological polar surface area (TPSA) is 82.1 Å². The van der Waals surface area contributed by atoms with E-state index in [9.17, 15) is 27.6 Å². The van der Waals surface area contributed by atoms with E-state index >= 15 is 0 Å². The van der Waals surface area contributed by atoms with E-state index in [1.165, 1.54) is 7.11 Å². The van der Waals surface area contributed by atoms with Gasteiger partial charge in [-0.1, -0.05) is 29.8 Å². The average Bonchev–Trinajstić information content (AvgIpc) is 3.22. The molecule has 0 saturated heterocycles. The first kappa shape index (κ1) is 26.8. The number of hydrogen-bond donors (Lipinski definition) is 0. The molecular weight excluding hydrogens is 479 g/mol. The fourth-order valence-corrected chi connectivity index (χ4v) is 4.04. The van der Waals surface area contributed by atoms with Crippen LogP contribution in [0, 0.1) is 6.92 Å². The Labute approximate surface area is 206 Å². The van der Waals surface area contributed by atoms with Gasteiger partial charge in [-0.15, -0.1) is 0 Å². The van der Waals surface area contributed by atoms with E-state index in [0.717, 1.165) is 12.6 Å². The molecular formula is C26H26F3NO6. The highest BCUT2D eigenvalue weighted by Gasteiger charge is 2.44. The van der Waals surface area contributed by atoms with Crippen LogP contribution < -0.4 is 14.4 Å². The third-order valence-electron chi connectivity index (χ3n) is 5.88. The van der Waals surface area contributed by atoms with E-state index in [1.807, 2.05) is 0 Å². The third kappa shape index (κ3) is 5.69. The fourth-order valence-electron chi connectivity index (χ4n) is 4.04. The molecule has 0 aliphatic carbocycles. The van der Waals surface area contributed by atoms with Gasteiger partial charge in [0.2, 0.25) is 0 Å². The lowest BCUT2D eigenvalue weighted by atomic mass is 9.92. The average molecular weight is 505 g/mol. The second-order valence-corrected chi connectivity index (χ2v) is 8.32. The number of para-hydroxylation sites is 1. The summed E-state index contributed by atoms with van der Waals surface area (Å²) in [4.78, 5) is 37.2. The van der Waals surface area contributed by atoms with Crippen LogP contribution in [0.4, 0.5) is 18.9 Å². The van der Waals surface area contributed by atoms with Gasteiger partial charge in [-0.05, 0) is 44.4 Å². The first-order chi connectivity index (χ1) is 17.0. The number of benzene rings is 2. The Morgan fingerprint density at radius 1 is 1.17 bits per heavy atom. The number of fused-ring (bicyclic) bond motifs is 1. The maximum atomic E-state index is 13.3. The minimum absolute atomic E-state index is 0.0505. The molecule has 0 saturated carbocycles. The molecule has 0 unspecified atom stereocenters. The Morgan fingerprint density at radius 3 is 2.44 bits per heavy atom. The van der Waals surface area contributed by atoms with Crippen molar-refractivity contribution in [2.75, 3.05) is 19.1 Å². The summed E-state index contributed by atoms with van der Waals surface area (Å²) in [6.45, 7) is 3.31. The van der Waals surface area contributed by atoms with Crippen molar-refractivity contribution in [3.8, 4) is 11.5 Å². The van der Waals surface area contributed by atoms with Crippen molar-refractivity contribution in [3.05, 3.63) is 64.2 Å². The van der Waals surface area contributed by atoms with Gasteiger partial charge >= 0.3 is 24.0 Å². The van der Waals surface area contributed by atoms with E-state index in [0.29, 0.717) is 28.2 Å². The highest BCUT2D eigenvalue weighted by Crippen LogP contribution is 2.43. The Morgan fingerprint density at radius 2 is 1.83 bits per heavy atom. The minimum Gasteiger partial charge on any atom is -0.496 e. The summed E-state index contributed by atoms with van der Waals surface area (Å²) in [6.07, 6.45) is -2.95. The van der Waals surface area contributed by atoms with Crippen molar-refractivity contribution < 1.29 is 41.8 Å². The Bertz CT molecular complexity index is 1200. The molecule has 0 bridgehead atoms. The summed E-state index contributed by atoms with van der Waals surface area (Å²) in [7, 11) is 2.33. The predicted octanol–water partition coefficient (Wildman–Crippen LogP) is 5.07. The van der Waals surface area contributed by atoms with Gasteiger partial charge in [0, 0.05) is 24.6 Å². The van der Waals surface area contributed by atoms with E-state index in [4.69, 9.17) is 14.2 Å². The first-order valence-corrected chi connectivity index (χ1v) is 11.1. The van der Waals surface area contributed by atoms with Crippen LogP contribution in [0.5, 0.6) is 11.5 Å². The van der Waals surface area contributed by atoms with E-state index in [-0.39, 0.29) is 42.0 Å². The Hall–Kier alpha value is -3.82. The molecule has 0 spiro atoms. The largest absolute Gasteiger partial charge is 0.496 e. The lowest BCUT2D eigenvalue weighted by molar-refractivity contribution is -0.170. The molecule has 0 fully saturated rings. The number of carbonyl (C=O) groups is 3. The molecule has 0 aromatic heterocycles. The number of amides is 1. The van der Waals surface area contributed by atoms with Gasteiger partial charge in [0.25, 0.3) is 0 Å².